The largest absolute Gasteiger partial charge is 2.00 e. The number of pyridine rings is 2. The average molecular weight is 856 g/mol. The third-order valence-electron chi connectivity index (χ3n) is 7.54. The number of hydrogen-bond donors (Lipinski definition) is 0. The number of azo groups is 2. The van der Waals surface area contributed by atoms with Crippen LogP contribution in [0.15, 0.2) is 127 Å². The van der Waals surface area contributed by atoms with Gasteiger partial charge in [0, 0.05) is 66.6 Å². The van der Waals surface area contributed by atoms with Crippen LogP contribution in [0.5, 0.6) is 11.5 Å². The number of nitro groups is 2. The van der Waals surface area contributed by atoms with Gasteiger partial charge in [0.2, 0.25) is 12.8 Å². The standard InChI is InChI=1S/2C16H12N4O4.2C3H7NO.Cu/c2*1-19-13-5-3-2-4-12(13)15(21)14(16(19)22)18-17-10-6-8-11(9-7-10)20(23)24;2*1-4(2)3-5;/h2*2-9,21H,1H3;2*3H,1-2H3;/q;;;;+2/p-2. The summed E-state index contributed by atoms with van der Waals surface area (Å²) in [5.74, 6) is -1.00. The van der Waals surface area contributed by atoms with Crippen LogP contribution < -0.4 is 21.3 Å². The number of benzene rings is 4. The fraction of sp³-hybridized carbons (Fsp3) is 0.158. The van der Waals surface area contributed by atoms with Crippen LogP contribution in [0.2, 0.25) is 0 Å². The van der Waals surface area contributed by atoms with Crippen molar-refractivity contribution in [2.75, 3.05) is 28.2 Å². The van der Waals surface area contributed by atoms with Gasteiger partial charge in [0.15, 0.2) is 0 Å². The number of carbonyl (C=O) groups is 2. The Morgan fingerprint density at radius 2 is 0.831 bits per heavy atom. The molecule has 0 aliphatic carbocycles. The Kier molecular flexibility index (Phi) is 17.9. The second-order valence-electron chi connectivity index (χ2n) is 12.2. The zero-order valence-corrected chi connectivity index (χ0v) is 33.2. The van der Waals surface area contributed by atoms with Crippen LogP contribution in [-0.2, 0) is 40.8 Å². The van der Waals surface area contributed by atoms with Crippen LogP contribution in [0.4, 0.5) is 34.1 Å². The maximum Gasteiger partial charge on any atom is 2.00 e. The number of nitro benzene ring substituents is 2. The summed E-state index contributed by atoms with van der Waals surface area (Å²) in [6.45, 7) is 0. The van der Waals surface area contributed by atoms with Crippen molar-refractivity contribution in [3.8, 4) is 11.5 Å². The van der Waals surface area contributed by atoms with Gasteiger partial charge in [0.1, 0.15) is 11.4 Å². The fourth-order valence-corrected chi connectivity index (χ4v) is 4.58. The Morgan fingerprint density at radius 1 is 0.542 bits per heavy atom. The van der Waals surface area contributed by atoms with Gasteiger partial charge in [-0.25, -0.2) is 0 Å². The first-order valence-corrected chi connectivity index (χ1v) is 16.7. The Labute approximate surface area is 345 Å². The van der Waals surface area contributed by atoms with E-state index >= 15 is 0 Å². The van der Waals surface area contributed by atoms with Crippen LogP contribution in [0, 0.1) is 20.2 Å². The van der Waals surface area contributed by atoms with Crippen molar-refractivity contribution in [1.29, 1.82) is 0 Å². The zero-order chi connectivity index (χ0) is 43.1. The molecule has 1 radical (unpaired) electrons. The summed E-state index contributed by atoms with van der Waals surface area (Å²) in [5.41, 5.74) is -0.230. The van der Waals surface area contributed by atoms with E-state index in [2.05, 4.69) is 20.5 Å². The normalized spacial score (nSPS) is 10.3. The molecule has 0 saturated heterocycles. The van der Waals surface area contributed by atoms with Gasteiger partial charge in [-0.3, -0.25) is 39.4 Å². The van der Waals surface area contributed by atoms with Crippen molar-refractivity contribution < 1.29 is 46.7 Å². The first-order chi connectivity index (χ1) is 27.5. The minimum Gasteiger partial charge on any atom is -0.870 e. The fourth-order valence-electron chi connectivity index (χ4n) is 4.58. The molecule has 0 atom stereocenters. The van der Waals surface area contributed by atoms with E-state index in [9.17, 15) is 49.6 Å². The second kappa shape index (κ2) is 22.2. The van der Waals surface area contributed by atoms with Crippen molar-refractivity contribution in [3.05, 3.63) is 138 Å². The maximum absolute atomic E-state index is 12.4. The van der Waals surface area contributed by atoms with E-state index in [0.717, 1.165) is 12.8 Å². The molecule has 0 saturated carbocycles. The predicted molar refractivity (Wildman–Crippen MR) is 211 cm³/mol. The molecular weight excluding hydrogens is 820 g/mol. The summed E-state index contributed by atoms with van der Waals surface area (Å²) in [6.07, 6.45) is 1.50. The number of rotatable bonds is 8. The van der Waals surface area contributed by atoms with E-state index in [0.29, 0.717) is 33.2 Å². The third kappa shape index (κ3) is 12.7. The van der Waals surface area contributed by atoms with E-state index in [1.807, 2.05) is 0 Å². The van der Waals surface area contributed by atoms with Crippen LogP contribution in [0.3, 0.4) is 0 Å². The van der Waals surface area contributed by atoms with Gasteiger partial charge in [-0.2, -0.15) is 10.2 Å². The Balaban J connectivity index is 0.000000327. The van der Waals surface area contributed by atoms with Crippen LogP contribution in [-0.4, -0.2) is 69.8 Å². The van der Waals surface area contributed by atoms with Gasteiger partial charge in [0.05, 0.1) is 32.3 Å². The quantitative estimate of drug-likeness (QED) is 0.0628. The second-order valence-corrected chi connectivity index (χ2v) is 12.2. The molecule has 309 valence electrons. The van der Waals surface area contributed by atoms with E-state index in [-0.39, 0.29) is 39.8 Å². The molecule has 0 spiro atoms. The number of aryl methyl sites for hydroxylation is 2. The number of amides is 2. The van der Waals surface area contributed by atoms with Gasteiger partial charge in [-0.15, -0.1) is 10.2 Å². The number of hydrogen-bond acceptors (Lipinski definition) is 14. The predicted octanol–water partition coefficient (Wildman–Crippen LogP) is 5.28. The minimum absolute atomic E-state index is 0. The molecule has 20 nitrogen and oxygen atoms in total. The Morgan fingerprint density at radius 3 is 1.10 bits per heavy atom. The van der Waals surface area contributed by atoms with Gasteiger partial charge < -0.3 is 29.1 Å². The smallest absolute Gasteiger partial charge is 0.870 e. The summed E-state index contributed by atoms with van der Waals surface area (Å²) >= 11 is 0. The molecular formula is C38H36CuN10O10. The summed E-state index contributed by atoms with van der Waals surface area (Å²) < 4.78 is 2.67. The molecule has 0 fully saturated rings. The Hall–Kier alpha value is -7.64. The summed E-state index contributed by atoms with van der Waals surface area (Å²) in [6, 6.07) is 24.1. The van der Waals surface area contributed by atoms with Crippen LogP contribution >= 0.6 is 0 Å². The van der Waals surface area contributed by atoms with E-state index in [1.54, 1.807) is 90.8 Å². The number of para-hydroxylation sites is 2. The summed E-state index contributed by atoms with van der Waals surface area (Å²) in [7, 11) is 9.85. The van der Waals surface area contributed by atoms with Crippen molar-refractivity contribution in [2.24, 2.45) is 34.6 Å². The molecule has 2 heterocycles. The zero-order valence-electron chi connectivity index (χ0n) is 32.2. The SMILES string of the molecule is CN(C)C=O.CN(C)C=O.Cn1c(=O)c(N=Nc2ccc([N+](=O)[O-])cc2)c([O-])c2ccccc21.Cn1c(=O)c(N=Nc2ccc([N+](=O)[O-])cc2)c([O-])c2ccccc21.[Cu+2]. The molecule has 6 aromatic rings. The molecule has 2 amide bonds. The third-order valence-corrected chi connectivity index (χ3v) is 7.54. The maximum atomic E-state index is 12.4. The molecule has 6 rings (SSSR count). The average Bonchev–Trinajstić information content (AvgIpc) is 3.23. The van der Waals surface area contributed by atoms with Gasteiger partial charge in [-0.1, -0.05) is 47.9 Å². The van der Waals surface area contributed by atoms with Crippen molar-refractivity contribution in [2.45, 2.75) is 0 Å². The van der Waals surface area contributed by atoms with Crippen LogP contribution in [0.1, 0.15) is 0 Å². The molecule has 0 unspecified atom stereocenters. The van der Waals surface area contributed by atoms with Gasteiger partial charge in [-0.05, 0) is 47.2 Å². The van der Waals surface area contributed by atoms with Gasteiger partial charge in [0.25, 0.3) is 22.5 Å². The van der Waals surface area contributed by atoms with Crippen molar-refractivity contribution in [3.63, 3.8) is 0 Å². The van der Waals surface area contributed by atoms with E-state index < -0.39 is 32.5 Å². The summed E-state index contributed by atoms with van der Waals surface area (Å²) in [5, 5.41) is 62.0. The number of fused-ring (bicyclic) bond motifs is 2. The minimum atomic E-state index is -0.552. The first kappa shape index (κ1) is 47.5. The molecule has 21 heteroatoms. The van der Waals surface area contributed by atoms with Gasteiger partial charge >= 0.3 is 17.1 Å². The molecule has 2 aromatic heterocycles. The molecule has 0 aliphatic rings. The van der Waals surface area contributed by atoms with E-state index in [1.165, 1.54) is 67.5 Å². The molecule has 59 heavy (non-hydrogen) atoms. The number of aromatic nitrogens is 2. The topological polar surface area (TPSA) is 266 Å². The Bertz CT molecular complexity index is 2430. The van der Waals surface area contributed by atoms with Crippen LogP contribution in [0.25, 0.3) is 21.8 Å². The monoisotopic (exact) mass is 855 g/mol. The summed E-state index contributed by atoms with van der Waals surface area (Å²) in [4.78, 5) is 66.5. The van der Waals surface area contributed by atoms with Crippen molar-refractivity contribution >= 4 is 68.8 Å². The molecule has 4 aromatic carbocycles. The van der Waals surface area contributed by atoms with Crippen molar-refractivity contribution in [1.82, 2.24) is 18.9 Å². The number of nitrogens with zero attached hydrogens (tertiary/aromatic N) is 10. The first-order valence-electron chi connectivity index (χ1n) is 16.7. The molecule has 0 N–H and O–H groups in total. The number of non-ortho nitro benzene ring substituents is 2. The van der Waals surface area contributed by atoms with E-state index in [4.69, 9.17) is 0 Å². The number of carbonyl (C=O) groups excluding carboxylic acids is 2. The molecule has 0 aliphatic heterocycles. The molecule has 0 bridgehead atoms.